The molecule has 4 nitrogen and oxygen atoms in total. The predicted octanol–water partition coefficient (Wildman–Crippen LogP) is 2.24. The monoisotopic (exact) mass is 230 g/mol. The molecule has 0 aliphatic heterocycles. The smallest absolute Gasteiger partial charge is 0.247 e. The Morgan fingerprint density at radius 2 is 1.59 bits per heavy atom. The molecule has 17 heavy (non-hydrogen) atoms. The van der Waals surface area contributed by atoms with Crippen molar-refractivity contribution in [1.82, 2.24) is 0 Å². The van der Waals surface area contributed by atoms with E-state index >= 15 is 0 Å². The van der Waals surface area contributed by atoms with Crippen molar-refractivity contribution in [3.8, 4) is 0 Å². The molecule has 0 aromatic heterocycles. The Hall–Kier alpha value is -2.36. The lowest BCUT2D eigenvalue weighted by Gasteiger charge is -2.11. The van der Waals surface area contributed by atoms with Crippen molar-refractivity contribution < 1.29 is 9.59 Å². The third kappa shape index (κ3) is 3.61. The molecule has 2 N–H and O–H groups in total. The van der Waals surface area contributed by atoms with Gasteiger partial charge in [-0.15, -0.1) is 0 Å². The fourth-order valence-corrected chi connectivity index (χ4v) is 1.24. The SMILES string of the molecule is C=CC(=O)Nc1ccc(C)cc1NC(=O)C=C. The Balaban J connectivity index is 3.02. The van der Waals surface area contributed by atoms with Crippen molar-refractivity contribution in [2.24, 2.45) is 0 Å². The predicted molar refractivity (Wildman–Crippen MR) is 68.8 cm³/mol. The van der Waals surface area contributed by atoms with Crippen LogP contribution < -0.4 is 10.6 Å². The van der Waals surface area contributed by atoms with E-state index < -0.39 is 0 Å². The molecule has 0 bridgehead atoms. The number of carbonyl (C=O) groups excluding carboxylic acids is 2. The van der Waals surface area contributed by atoms with Crippen molar-refractivity contribution in [2.45, 2.75) is 6.92 Å². The molecule has 0 unspecified atom stereocenters. The Bertz CT molecular complexity index is 478. The Morgan fingerprint density at radius 1 is 1.06 bits per heavy atom. The number of rotatable bonds is 4. The first-order chi connectivity index (χ1) is 8.06. The summed E-state index contributed by atoms with van der Waals surface area (Å²) in [5, 5.41) is 5.24. The first-order valence-electron chi connectivity index (χ1n) is 5.04. The van der Waals surface area contributed by atoms with Crippen molar-refractivity contribution in [3.63, 3.8) is 0 Å². The summed E-state index contributed by atoms with van der Waals surface area (Å²) in [6.07, 6.45) is 2.33. The molecule has 0 aliphatic rings. The molecule has 0 saturated carbocycles. The molecule has 0 fully saturated rings. The summed E-state index contributed by atoms with van der Waals surface area (Å²) < 4.78 is 0. The van der Waals surface area contributed by atoms with Gasteiger partial charge in [0.1, 0.15) is 0 Å². The van der Waals surface area contributed by atoms with Crippen LogP contribution in [0.15, 0.2) is 43.5 Å². The molecule has 4 heteroatoms. The second-order valence-electron chi connectivity index (χ2n) is 3.44. The average Bonchev–Trinajstić information content (AvgIpc) is 2.32. The van der Waals surface area contributed by atoms with E-state index in [1.54, 1.807) is 12.1 Å². The standard InChI is InChI=1S/C13H14N2O2/c1-4-12(16)14-10-7-6-9(3)8-11(10)15-13(17)5-2/h4-8H,1-2H2,3H3,(H,14,16)(H,15,17). The number of hydrogen-bond donors (Lipinski definition) is 2. The van der Waals surface area contributed by atoms with Crippen molar-refractivity contribution in [1.29, 1.82) is 0 Å². The van der Waals surface area contributed by atoms with Gasteiger partial charge < -0.3 is 10.6 Å². The van der Waals surface area contributed by atoms with Crippen LogP contribution in [0.2, 0.25) is 0 Å². The molecule has 1 rings (SSSR count). The molecule has 88 valence electrons. The van der Waals surface area contributed by atoms with Crippen LogP contribution >= 0.6 is 0 Å². The summed E-state index contributed by atoms with van der Waals surface area (Å²) in [5.74, 6) is -0.660. The summed E-state index contributed by atoms with van der Waals surface area (Å²) in [6.45, 7) is 8.63. The second kappa shape index (κ2) is 5.65. The zero-order valence-corrected chi connectivity index (χ0v) is 9.62. The fourth-order valence-electron chi connectivity index (χ4n) is 1.24. The van der Waals surface area contributed by atoms with Gasteiger partial charge in [-0.25, -0.2) is 0 Å². The van der Waals surface area contributed by atoms with Gasteiger partial charge >= 0.3 is 0 Å². The molecule has 2 amide bonds. The molecule has 0 radical (unpaired) electrons. The number of aryl methyl sites for hydroxylation is 1. The van der Waals surface area contributed by atoms with Gasteiger partial charge in [-0.05, 0) is 36.8 Å². The molecule has 1 aromatic rings. The third-order valence-electron chi connectivity index (χ3n) is 2.06. The lowest BCUT2D eigenvalue weighted by Crippen LogP contribution is -2.13. The van der Waals surface area contributed by atoms with E-state index in [9.17, 15) is 9.59 Å². The van der Waals surface area contributed by atoms with E-state index in [0.717, 1.165) is 5.56 Å². The highest BCUT2D eigenvalue weighted by molar-refractivity contribution is 6.05. The van der Waals surface area contributed by atoms with Crippen LogP contribution in [0, 0.1) is 6.92 Å². The lowest BCUT2D eigenvalue weighted by atomic mass is 10.2. The highest BCUT2D eigenvalue weighted by atomic mass is 16.2. The van der Waals surface area contributed by atoms with E-state index in [4.69, 9.17) is 0 Å². The highest BCUT2D eigenvalue weighted by Gasteiger charge is 2.06. The number of nitrogens with one attached hydrogen (secondary N) is 2. The normalized spacial score (nSPS) is 9.24. The Labute approximate surface area is 100 Å². The minimum absolute atomic E-state index is 0.329. The summed E-state index contributed by atoms with van der Waals surface area (Å²) in [7, 11) is 0. The van der Waals surface area contributed by atoms with E-state index in [-0.39, 0.29) is 11.8 Å². The van der Waals surface area contributed by atoms with Crippen molar-refractivity contribution in [3.05, 3.63) is 49.1 Å². The Kier molecular flexibility index (Phi) is 4.22. The van der Waals surface area contributed by atoms with Gasteiger partial charge in [-0.3, -0.25) is 9.59 Å². The minimum Gasteiger partial charge on any atom is -0.321 e. The molecule has 0 atom stereocenters. The van der Waals surface area contributed by atoms with Gasteiger partial charge in [-0.2, -0.15) is 0 Å². The zero-order valence-electron chi connectivity index (χ0n) is 9.62. The second-order valence-corrected chi connectivity index (χ2v) is 3.44. The van der Waals surface area contributed by atoms with Crippen molar-refractivity contribution in [2.75, 3.05) is 10.6 Å². The quantitative estimate of drug-likeness (QED) is 0.779. The summed E-state index contributed by atoms with van der Waals surface area (Å²) in [4.78, 5) is 22.4. The van der Waals surface area contributed by atoms with Crippen molar-refractivity contribution >= 4 is 23.2 Å². The third-order valence-corrected chi connectivity index (χ3v) is 2.06. The molecule has 1 aromatic carbocycles. The summed E-state index contributed by atoms with van der Waals surface area (Å²) in [6, 6.07) is 5.32. The first kappa shape index (κ1) is 12.7. The zero-order chi connectivity index (χ0) is 12.8. The average molecular weight is 230 g/mol. The minimum atomic E-state index is -0.331. The van der Waals surface area contributed by atoms with Crippen LogP contribution in [0.1, 0.15) is 5.56 Å². The summed E-state index contributed by atoms with van der Waals surface area (Å²) in [5.41, 5.74) is 2.03. The Morgan fingerprint density at radius 3 is 2.12 bits per heavy atom. The molecule has 0 heterocycles. The number of carbonyl (C=O) groups is 2. The van der Waals surface area contributed by atoms with Crippen LogP contribution in [-0.2, 0) is 9.59 Å². The van der Waals surface area contributed by atoms with Gasteiger partial charge in [-0.1, -0.05) is 19.2 Å². The van der Waals surface area contributed by atoms with Crippen LogP contribution in [0.25, 0.3) is 0 Å². The first-order valence-corrected chi connectivity index (χ1v) is 5.04. The van der Waals surface area contributed by atoms with E-state index in [1.165, 1.54) is 12.2 Å². The van der Waals surface area contributed by atoms with Gasteiger partial charge in [0.05, 0.1) is 11.4 Å². The molecule has 0 aliphatic carbocycles. The number of benzene rings is 1. The molecular weight excluding hydrogens is 216 g/mol. The van der Waals surface area contributed by atoms with Gasteiger partial charge in [0.2, 0.25) is 11.8 Å². The number of anilines is 2. The number of amides is 2. The van der Waals surface area contributed by atoms with Crippen LogP contribution in [0.5, 0.6) is 0 Å². The van der Waals surface area contributed by atoms with Gasteiger partial charge in [0.15, 0.2) is 0 Å². The maximum absolute atomic E-state index is 11.2. The van der Waals surface area contributed by atoms with Crippen LogP contribution in [0.4, 0.5) is 11.4 Å². The number of hydrogen-bond acceptors (Lipinski definition) is 2. The lowest BCUT2D eigenvalue weighted by molar-refractivity contribution is -0.112. The molecular formula is C13H14N2O2. The van der Waals surface area contributed by atoms with E-state index in [2.05, 4.69) is 23.8 Å². The fraction of sp³-hybridized carbons (Fsp3) is 0.0769. The topological polar surface area (TPSA) is 58.2 Å². The van der Waals surface area contributed by atoms with Gasteiger partial charge in [0.25, 0.3) is 0 Å². The highest BCUT2D eigenvalue weighted by Crippen LogP contribution is 2.23. The van der Waals surface area contributed by atoms with Crippen LogP contribution in [0.3, 0.4) is 0 Å². The van der Waals surface area contributed by atoms with E-state index in [1.807, 2.05) is 13.0 Å². The maximum atomic E-state index is 11.2. The molecule has 0 spiro atoms. The van der Waals surface area contributed by atoms with E-state index in [0.29, 0.717) is 11.4 Å². The van der Waals surface area contributed by atoms with Gasteiger partial charge in [0, 0.05) is 0 Å². The maximum Gasteiger partial charge on any atom is 0.247 e. The molecule has 0 saturated heterocycles. The largest absolute Gasteiger partial charge is 0.321 e. The summed E-state index contributed by atoms with van der Waals surface area (Å²) >= 11 is 0. The van der Waals surface area contributed by atoms with Crippen LogP contribution in [-0.4, -0.2) is 11.8 Å².